The summed E-state index contributed by atoms with van der Waals surface area (Å²) in [5.41, 5.74) is 0.643. The van der Waals surface area contributed by atoms with E-state index in [2.05, 4.69) is 45.9 Å². The van der Waals surface area contributed by atoms with Crippen molar-refractivity contribution in [2.75, 3.05) is 45.8 Å². The number of carbonyl (C=O) groups is 1. The molecule has 5 heteroatoms. The van der Waals surface area contributed by atoms with E-state index in [4.69, 9.17) is 0 Å². The van der Waals surface area contributed by atoms with Gasteiger partial charge in [0.2, 0.25) is 0 Å². The number of aliphatic carboxylic acids is 1. The molecule has 0 unspecified atom stereocenters. The number of likely N-dealkylation sites (N-methyl/N-ethyl adjacent to an activating group) is 1. The maximum atomic E-state index is 12.1. The third-order valence-electron chi connectivity index (χ3n) is 5.76. The second kappa shape index (κ2) is 7.64. The van der Waals surface area contributed by atoms with E-state index in [0.717, 1.165) is 65.2 Å². The fraction of sp³-hybridized carbons (Fsp3) is 0.632. The number of likely N-dealkylation sites (tertiary alicyclic amines) is 1. The lowest BCUT2D eigenvalue weighted by molar-refractivity contribution is -0.157. The number of piperidine rings is 1. The molecular weight excluding hydrogens is 302 g/mol. The quantitative estimate of drug-likeness (QED) is 0.891. The highest BCUT2D eigenvalue weighted by molar-refractivity contribution is 5.79. The van der Waals surface area contributed by atoms with E-state index in [1.807, 2.05) is 6.07 Å². The largest absolute Gasteiger partial charge is 0.480 e. The summed E-state index contributed by atoms with van der Waals surface area (Å²) in [6, 6.07) is 10.4. The predicted octanol–water partition coefficient (Wildman–Crippen LogP) is 1.74. The monoisotopic (exact) mass is 331 g/mol. The first-order chi connectivity index (χ1) is 11.6. The summed E-state index contributed by atoms with van der Waals surface area (Å²) in [4.78, 5) is 19.1. The van der Waals surface area contributed by atoms with Crippen molar-refractivity contribution in [3.63, 3.8) is 0 Å². The summed E-state index contributed by atoms with van der Waals surface area (Å²) in [6.07, 6.45) is 1.45. The van der Waals surface area contributed by atoms with Gasteiger partial charge in [0.25, 0.3) is 0 Å². The Bertz CT molecular complexity index is 533. The van der Waals surface area contributed by atoms with Gasteiger partial charge in [0.05, 0.1) is 0 Å². The minimum Gasteiger partial charge on any atom is -0.480 e. The topological polar surface area (TPSA) is 47.0 Å². The van der Waals surface area contributed by atoms with Crippen LogP contribution in [0.2, 0.25) is 0 Å². The van der Waals surface area contributed by atoms with Gasteiger partial charge in [-0.2, -0.15) is 0 Å². The molecule has 1 aromatic rings. The van der Waals surface area contributed by atoms with Crippen LogP contribution in [-0.2, 0) is 11.3 Å². The zero-order valence-electron chi connectivity index (χ0n) is 14.7. The summed E-state index contributed by atoms with van der Waals surface area (Å²) >= 11 is 0. The van der Waals surface area contributed by atoms with Crippen molar-refractivity contribution in [1.29, 1.82) is 0 Å². The molecule has 2 aliphatic rings. The minimum atomic E-state index is -0.660. The molecule has 2 saturated heterocycles. The molecule has 0 bridgehead atoms. The zero-order valence-corrected chi connectivity index (χ0v) is 14.7. The summed E-state index contributed by atoms with van der Waals surface area (Å²) in [5.74, 6) is -0.633. The molecular formula is C19H29N3O2. The van der Waals surface area contributed by atoms with Crippen molar-refractivity contribution < 1.29 is 9.90 Å². The molecule has 0 amide bonds. The number of carboxylic acids is 1. The number of hydrogen-bond acceptors (Lipinski definition) is 4. The highest BCUT2D eigenvalue weighted by Gasteiger charge is 2.46. The fourth-order valence-electron chi connectivity index (χ4n) is 4.08. The molecule has 0 aromatic heterocycles. The zero-order chi connectivity index (χ0) is 17.0. The van der Waals surface area contributed by atoms with E-state index in [9.17, 15) is 9.90 Å². The third kappa shape index (κ3) is 3.63. The van der Waals surface area contributed by atoms with Gasteiger partial charge in [0.15, 0.2) is 0 Å². The molecule has 2 heterocycles. The second-order valence-corrected chi connectivity index (χ2v) is 7.02. The normalized spacial score (nSPS) is 23.2. The molecule has 2 aliphatic heterocycles. The SMILES string of the molecule is CCN1CCN(C2(C(=O)O)CCN(Cc3ccccc3)CC2)CC1. The van der Waals surface area contributed by atoms with E-state index in [1.165, 1.54) is 5.56 Å². The number of piperazine rings is 1. The molecule has 0 aliphatic carbocycles. The van der Waals surface area contributed by atoms with Crippen LogP contribution in [0.1, 0.15) is 25.3 Å². The molecule has 3 rings (SSSR count). The van der Waals surface area contributed by atoms with Crippen LogP contribution in [0.3, 0.4) is 0 Å². The van der Waals surface area contributed by atoms with E-state index >= 15 is 0 Å². The Balaban J connectivity index is 1.61. The molecule has 1 aromatic carbocycles. The van der Waals surface area contributed by atoms with E-state index in [-0.39, 0.29) is 0 Å². The third-order valence-corrected chi connectivity index (χ3v) is 5.76. The average Bonchev–Trinajstić information content (AvgIpc) is 2.63. The molecule has 0 spiro atoms. The molecule has 5 nitrogen and oxygen atoms in total. The summed E-state index contributed by atoms with van der Waals surface area (Å²) in [7, 11) is 0. The van der Waals surface area contributed by atoms with Crippen molar-refractivity contribution >= 4 is 5.97 Å². The highest BCUT2D eigenvalue weighted by atomic mass is 16.4. The maximum Gasteiger partial charge on any atom is 0.324 e. The summed E-state index contributed by atoms with van der Waals surface area (Å²) in [5, 5.41) is 9.97. The Morgan fingerprint density at radius 2 is 1.62 bits per heavy atom. The predicted molar refractivity (Wildman–Crippen MR) is 95.0 cm³/mol. The lowest BCUT2D eigenvalue weighted by Crippen LogP contribution is -2.64. The van der Waals surface area contributed by atoms with Gasteiger partial charge in [0.1, 0.15) is 5.54 Å². The van der Waals surface area contributed by atoms with Gasteiger partial charge in [-0.25, -0.2) is 0 Å². The average molecular weight is 331 g/mol. The molecule has 132 valence electrons. The Kier molecular flexibility index (Phi) is 5.54. The van der Waals surface area contributed by atoms with Crippen molar-refractivity contribution in [3.05, 3.63) is 35.9 Å². The molecule has 0 saturated carbocycles. The Morgan fingerprint density at radius 3 is 2.17 bits per heavy atom. The number of hydrogen-bond donors (Lipinski definition) is 1. The lowest BCUT2D eigenvalue weighted by atomic mass is 9.84. The van der Waals surface area contributed by atoms with Gasteiger partial charge in [-0.1, -0.05) is 37.3 Å². The van der Waals surface area contributed by atoms with E-state index < -0.39 is 11.5 Å². The van der Waals surface area contributed by atoms with E-state index in [1.54, 1.807) is 0 Å². The van der Waals surface area contributed by atoms with Gasteiger partial charge in [-0.05, 0) is 24.9 Å². The number of carboxylic acid groups (broad SMARTS) is 1. The maximum absolute atomic E-state index is 12.1. The van der Waals surface area contributed by atoms with Crippen molar-refractivity contribution in [1.82, 2.24) is 14.7 Å². The van der Waals surface area contributed by atoms with Gasteiger partial charge < -0.3 is 10.0 Å². The van der Waals surface area contributed by atoms with Crippen LogP contribution in [0, 0.1) is 0 Å². The van der Waals surface area contributed by atoms with Crippen LogP contribution < -0.4 is 0 Å². The van der Waals surface area contributed by atoms with Crippen molar-refractivity contribution in [2.45, 2.75) is 31.8 Å². The number of benzene rings is 1. The van der Waals surface area contributed by atoms with Crippen LogP contribution in [-0.4, -0.2) is 77.1 Å². The Labute approximate surface area is 144 Å². The first-order valence-corrected chi connectivity index (χ1v) is 9.11. The molecule has 24 heavy (non-hydrogen) atoms. The fourth-order valence-corrected chi connectivity index (χ4v) is 4.08. The molecule has 0 atom stereocenters. The van der Waals surface area contributed by atoms with Gasteiger partial charge in [0, 0.05) is 45.8 Å². The Hall–Kier alpha value is -1.43. The van der Waals surface area contributed by atoms with Crippen LogP contribution in [0.5, 0.6) is 0 Å². The first kappa shape index (κ1) is 17.4. The summed E-state index contributed by atoms with van der Waals surface area (Å²) < 4.78 is 0. The molecule has 0 radical (unpaired) electrons. The van der Waals surface area contributed by atoms with Crippen LogP contribution in [0.15, 0.2) is 30.3 Å². The Morgan fingerprint density at radius 1 is 1.00 bits per heavy atom. The standard InChI is InChI=1S/C19H29N3O2/c1-2-20-12-14-22(15-13-20)19(18(23)24)8-10-21(11-9-19)16-17-6-4-3-5-7-17/h3-7H,2,8-16H2,1H3,(H,23,24). The lowest BCUT2D eigenvalue weighted by Gasteiger charge is -2.48. The smallest absolute Gasteiger partial charge is 0.324 e. The highest BCUT2D eigenvalue weighted by Crippen LogP contribution is 2.31. The first-order valence-electron chi connectivity index (χ1n) is 9.11. The van der Waals surface area contributed by atoms with Crippen molar-refractivity contribution in [3.8, 4) is 0 Å². The van der Waals surface area contributed by atoms with Crippen LogP contribution in [0.25, 0.3) is 0 Å². The van der Waals surface area contributed by atoms with Gasteiger partial charge >= 0.3 is 5.97 Å². The second-order valence-electron chi connectivity index (χ2n) is 7.02. The van der Waals surface area contributed by atoms with Crippen LogP contribution >= 0.6 is 0 Å². The minimum absolute atomic E-state index is 0.633. The van der Waals surface area contributed by atoms with Crippen molar-refractivity contribution in [2.24, 2.45) is 0 Å². The molecule has 2 fully saturated rings. The van der Waals surface area contributed by atoms with Gasteiger partial charge in [-0.15, -0.1) is 0 Å². The molecule has 1 N–H and O–H groups in total. The number of nitrogens with zero attached hydrogens (tertiary/aromatic N) is 3. The number of rotatable bonds is 5. The summed E-state index contributed by atoms with van der Waals surface area (Å²) in [6.45, 7) is 9.57. The van der Waals surface area contributed by atoms with Gasteiger partial charge in [-0.3, -0.25) is 14.6 Å². The van der Waals surface area contributed by atoms with E-state index in [0.29, 0.717) is 0 Å². The van der Waals surface area contributed by atoms with Crippen LogP contribution in [0.4, 0.5) is 0 Å².